The van der Waals surface area contributed by atoms with Crippen LogP contribution in [-0.2, 0) is 4.74 Å². The second-order valence-electron chi connectivity index (χ2n) is 5.25. The molecule has 1 saturated heterocycles. The third kappa shape index (κ3) is 4.01. The first-order chi connectivity index (χ1) is 11.8. The molecule has 2 aromatic heterocycles. The second-order valence-corrected chi connectivity index (χ2v) is 6.10. The molecule has 0 aliphatic carbocycles. The number of nitrogens with one attached hydrogen (secondary N) is 2. The summed E-state index contributed by atoms with van der Waals surface area (Å²) >= 11 is 1.54. The molecule has 24 heavy (non-hydrogen) atoms. The number of rotatable bonds is 4. The summed E-state index contributed by atoms with van der Waals surface area (Å²) in [7, 11) is 1.74. The van der Waals surface area contributed by atoms with E-state index in [1.54, 1.807) is 7.05 Å². The number of morpholine rings is 1. The lowest BCUT2D eigenvalue weighted by molar-refractivity contribution is 0.122. The quantitative estimate of drug-likeness (QED) is 0.652. The first-order valence-electron chi connectivity index (χ1n) is 8.03. The Kier molecular flexibility index (Phi) is 5.60. The van der Waals surface area contributed by atoms with Gasteiger partial charge in [0.25, 0.3) is 0 Å². The van der Waals surface area contributed by atoms with E-state index in [0.29, 0.717) is 5.96 Å². The highest BCUT2D eigenvalue weighted by Gasteiger charge is 2.14. The van der Waals surface area contributed by atoms with Crippen LogP contribution in [0.2, 0.25) is 0 Å². The summed E-state index contributed by atoms with van der Waals surface area (Å²) in [4.78, 5) is 15.8. The zero-order valence-electron chi connectivity index (χ0n) is 14.0. The van der Waals surface area contributed by atoms with Gasteiger partial charge < -0.3 is 20.3 Å². The molecule has 1 aliphatic heterocycles. The number of pyridine rings is 1. The van der Waals surface area contributed by atoms with Crippen LogP contribution >= 0.6 is 11.3 Å². The van der Waals surface area contributed by atoms with Crippen LogP contribution in [0.5, 0.6) is 0 Å². The fourth-order valence-electron chi connectivity index (χ4n) is 2.43. The van der Waals surface area contributed by atoms with Crippen LogP contribution in [-0.4, -0.2) is 55.8 Å². The van der Waals surface area contributed by atoms with Crippen molar-refractivity contribution in [2.45, 2.75) is 6.92 Å². The molecule has 1 aliphatic rings. The van der Waals surface area contributed by atoms with Crippen LogP contribution in [0.3, 0.4) is 0 Å². The van der Waals surface area contributed by atoms with E-state index in [2.05, 4.69) is 25.5 Å². The predicted molar refractivity (Wildman–Crippen MR) is 99.0 cm³/mol. The summed E-state index contributed by atoms with van der Waals surface area (Å²) in [6.45, 7) is 6.08. The van der Waals surface area contributed by atoms with Gasteiger partial charge in [-0.15, -0.1) is 11.3 Å². The first kappa shape index (κ1) is 16.7. The van der Waals surface area contributed by atoms with Crippen molar-refractivity contribution in [1.82, 2.24) is 15.3 Å². The minimum absolute atomic E-state index is 0.716. The van der Waals surface area contributed by atoms with Crippen molar-refractivity contribution in [3.63, 3.8) is 0 Å². The van der Waals surface area contributed by atoms with Gasteiger partial charge in [-0.25, -0.2) is 9.97 Å². The van der Waals surface area contributed by atoms with Crippen LogP contribution in [0.1, 0.15) is 6.92 Å². The van der Waals surface area contributed by atoms with Gasteiger partial charge >= 0.3 is 0 Å². The number of hydrogen-bond acceptors (Lipinski definition) is 6. The Bertz CT molecular complexity index is 695. The molecule has 0 bridgehead atoms. The lowest BCUT2D eigenvalue weighted by Gasteiger charge is -2.27. The summed E-state index contributed by atoms with van der Waals surface area (Å²) in [5.41, 5.74) is 1.74. The molecule has 0 atom stereocenters. The Hall–Kier alpha value is -2.19. The average Bonchev–Trinajstić information content (AvgIpc) is 3.11. The molecule has 0 saturated carbocycles. The van der Waals surface area contributed by atoms with E-state index < -0.39 is 0 Å². The molecule has 128 valence electrons. The van der Waals surface area contributed by atoms with Gasteiger partial charge in [-0.1, -0.05) is 6.07 Å². The Morgan fingerprint density at radius 2 is 2.12 bits per heavy atom. The molecule has 8 heteroatoms. The predicted octanol–water partition coefficient (Wildman–Crippen LogP) is 2.05. The van der Waals surface area contributed by atoms with Gasteiger partial charge in [0.1, 0.15) is 11.5 Å². The van der Waals surface area contributed by atoms with Crippen molar-refractivity contribution in [2.75, 3.05) is 50.1 Å². The summed E-state index contributed by atoms with van der Waals surface area (Å²) in [6.07, 6.45) is 0. The van der Waals surface area contributed by atoms with Gasteiger partial charge in [-0.2, -0.15) is 0 Å². The van der Waals surface area contributed by atoms with E-state index in [0.717, 1.165) is 55.2 Å². The van der Waals surface area contributed by atoms with Gasteiger partial charge in [-0.05, 0) is 19.1 Å². The van der Waals surface area contributed by atoms with E-state index in [1.807, 2.05) is 30.5 Å². The van der Waals surface area contributed by atoms with Crippen molar-refractivity contribution < 1.29 is 4.74 Å². The largest absolute Gasteiger partial charge is 0.378 e. The Labute approximate surface area is 145 Å². The van der Waals surface area contributed by atoms with E-state index in [-0.39, 0.29) is 0 Å². The maximum atomic E-state index is 5.40. The zero-order valence-corrected chi connectivity index (χ0v) is 14.8. The highest BCUT2D eigenvalue weighted by atomic mass is 32.1. The SMILES string of the molecule is CCNC(=NC)Nc1nc(-c2cccc(N3CCOCC3)n2)cs1. The van der Waals surface area contributed by atoms with Crippen molar-refractivity contribution >= 4 is 28.2 Å². The molecule has 0 spiro atoms. The van der Waals surface area contributed by atoms with E-state index in [4.69, 9.17) is 9.72 Å². The summed E-state index contributed by atoms with van der Waals surface area (Å²) in [5, 5.41) is 9.15. The molecule has 0 amide bonds. The number of aliphatic imine (C=N–C) groups is 1. The Morgan fingerprint density at radius 1 is 1.29 bits per heavy atom. The Morgan fingerprint density at radius 3 is 2.88 bits per heavy atom. The van der Waals surface area contributed by atoms with Crippen LogP contribution in [0.4, 0.5) is 10.9 Å². The lowest BCUT2D eigenvalue weighted by Crippen LogP contribution is -2.36. The highest BCUT2D eigenvalue weighted by molar-refractivity contribution is 7.14. The molecule has 7 nitrogen and oxygen atoms in total. The number of nitrogens with zero attached hydrogens (tertiary/aromatic N) is 4. The van der Waals surface area contributed by atoms with Gasteiger partial charge in [0.15, 0.2) is 11.1 Å². The molecule has 3 heterocycles. The number of guanidine groups is 1. The number of aromatic nitrogens is 2. The third-order valence-electron chi connectivity index (χ3n) is 3.63. The number of ether oxygens (including phenoxy) is 1. The standard InChI is InChI=1S/C16H22N6OS/c1-3-18-15(17-2)21-16-20-13(11-24-16)12-5-4-6-14(19-12)22-7-9-23-10-8-22/h4-6,11H,3,7-10H2,1-2H3,(H2,17,18,20,21). The van der Waals surface area contributed by atoms with Crippen LogP contribution in [0.15, 0.2) is 28.6 Å². The molecule has 0 unspecified atom stereocenters. The fraction of sp³-hybridized carbons (Fsp3) is 0.438. The molecule has 2 N–H and O–H groups in total. The molecule has 0 radical (unpaired) electrons. The number of hydrogen-bond donors (Lipinski definition) is 2. The van der Waals surface area contributed by atoms with Crippen molar-refractivity contribution in [2.24, 2.45) is 4.99 Å². The number of anilines is 2. The molecular formula is C16H22N6OS. The zero-order chi connectivity index (χ0) is 16.8. The van der Waals surface area contributed by atoms with Gasteiger partial charge in [0.2, 0.25) is 0 Å². The fourth-order valence-corrected chi connectivity index (χ4v) is 3.13. The van der Waals surface area contributed by atoms with Crippen LogP contribution in [0.25, 0.3) is 11.4 Å². The van der Waals surface area contributed by atoms with E-state index >= 15 is 0 Å². The minimum Gasteiger partial charge on any atom is -0.378 e. The maximum Gasteiger partial charge on any atom is 0.197 e. The van der Waals surface area contributed by atoms with Crippen molar-refractivity contribution in [3.8, 4) is 11.4 Å². The summed E-state index contributed by atoms with van der Waals surface area (Å²) < 4.78 is 5.40. The average molecular weight is 346 g/mol. The monoisotopic (exact) mass is 346 g/mol. The second kappa shape index (κ2) is 8.07. The van der Waals surface area contributed by atoms with E-state index in [1.165, 1.54) is 11.3 Å². The Balaban J connectivity index is 1.75. The first-order valence-corrected chi connectivity index (χ1v) is 8.91. The van der Waals surface area contributed by atoms with E-state index in [9.17, 15) is 0 Å². The van der Waals surface area contributed by atoms with Crippen molar-refractivity contribution in [1.29, 1.82) is 0 Å². The maximum absolute atomic E-state index is 5.40. The number of thiazole rings is 1. The lowest BCUT2D eigenvalue weighted by atomic mass is 10.3. The third-order valence-corrected chi connectivity index (χ3v) is 4.39. The molecule has 3 rings (SSSR count). The van der Waals surface area contributed by atoms with Gasteiger partial charge in [0.05, 0.1) is 18.9 Å². The van der Waals surface area contributed by atoms with Crippen LogP contribution < -0.4 is 15.5 Å². The molecule has 1 fully saturated rings. The van der Waals surface area contributed by atoms with Crippen LogP contribution in [0, 0.1) is 0 Å². The van der Waals surface area contributed by atoms with Crippen molar-refractivity contribution in [3.05, 3.63) is 23.6 Å². The minimum atomic E-state index is 0.716. The molecule has 0 aromatic carbocycles. The highest BCUT2D eigenvalue weighted by Crippen LogP contribution is 2.25. The van der Waals surface area contributed by atoms with Gasteiger partial charge in [0, 0.05) is 32.1 Å². The topological polar surface area (TPSA) is 74.7 Å². The summed E-state index contributed by atoms with van der Waals surface area (Å²) in [6, 6.07) is 6.05. The molecule has 2 aromatic rings. The van der Waals surface area contributed by atoms with Gasteiger partial charge in [-0.3, -0.25) is 4.99 Å². The summed E-state index contributed by atoms with van der Waals surface area (Å²) in [5.74, 6) is 1.69. The molecular weight excluding hydrogens is 324 g/mol. The normalized spacial score (nSPS) is 15.4. The smallest absolute Gasteiger partial charge is 0.197 e.